The molecule has 0 spiro atoms. The van der Waals surface area contributed by atoms with E-state index in [2.05, 4.69) is 60.4 Å². The van der Waals surface area contributed by atoms with Gasteiger partial charge in [-0.05, 0) is 56.5 Å². The molecule has 0 unspecified atom stereocenters. The summed E-state index contributed by atoms with van der Waals surface area (Å²) in [7, 11) is 1.67. The molecular formula is C29H35NO3. The lowest BCUT2D eigenvalue weighted by molar-refractivity contribution is -0.156. The summed E-state index contributed by atoms with van der Waals surface area (Å²) in [5, 5.41) is 0. The van der Waals surface area contributed by atoms with Crippen LogP contribution in [0.25, 0.3) is 0 Å². The first-order valence-corrected chi connectivity index (χ1v) is 11.5. The highest BCUT2D eigenvalue weighted by Crippen LogP contribution is 2.35. The van der Waals surface area contributed by atoms with Crippen molar-refractivity contribution in [1.29, 1.82) is 0 Å². The van der Waals surface area contributed by atoms with E-state index in [0.29, 0.717) is 6.54 Å². The molecule has 0 aliphatic rings. The summed E-state index contributed by atoms with van der Waals surface area (Å²) in [4.78, 5) is 15.4. The van der Waals surface area contributed by atoms with E-state index >= 15 is 0 Å². The lowest BCUT2D eigenvalue weighted by Crippen LogP contribution is -2.34. The second kappa shape index (κ2) is 11.2. The van der Waals surface area contributed by atoms with E-state index in [4.69, 9.17) is 9.47 Å². The van der Waals surface area contributed by atoms with Crippen molar-refractivity contribution >= 4 is 5.97 Å². The minimum Gasteiger partial charge on any atom is -0.497 e. The quantitative estimate of drug-likeness (QED) is 0.342. The van der Waals surface area contributed by atoms with E-state index < -0.39 is 5.60 Å². The van der Waals surface area contributed by atoms with Crippen LogP contribution in [0.15, 0.2) is 84.9 Å². The van der Waals surface area contributed by atoms with Gasteiger partial charge in [-0.15, -0.1) is 0 Å². The minimum absolute atomic E-state index is 0.0590. The maximum Gasteiger partial charge on any atom is 0.308 e. The molecule has 174 valence electrons. The molecule has 0 saturated heterocycles. The van der Waals surface area contributed by atoms with Gasteiger partial charge in [0.1, 0.15) is 11.4 Å². The lowest BCUT2D eigenvalue weighted by atomic mass is 9.96. The molecule has 4 nitrogen and oxygen atoms in total. The van der Waals surface area contributed by atoms with Crippen LogP contribution in [-0.4, -0.2) is 23.6 Å². The molecule has 0 aromatic heterocycles. The number of rotatable bonds is 9. The maximum atomic E-state index is 13.0. The van der Waals surface area contributed by atoms with E-state index in [1.165, 1.54) is 5.56 Å². The Labute approximate surface area is 198 Å². The zero-order valence-electron chi connectivity index (χ0n) is 20.3. The highest BCUT2D eigenvalue weighted by atomic mass is 16.6. The minimum atomic E-state index is -0.524. The third kappa shape index (κ3) is 7.19. The van der Waals surface area contributed by atoms with Crippen molar-refractivity contribution in [2.24, 2.45) is 0 Å². The van der Waals surface area contributed by atoms with Crippen LogP contribution in [0.4, 0.5) is 0 Å². The van der Waals surface area contributed by atoms with Gasteiger partial charge in [0.25, 0.3) is 0 Å². The van der Waals surface area contributed by atoms with Crippen LogP contribution in [0.2, 0.25) is 0 Å². The highest BCUT2D eigenvalue weighted by Gasteiger charge is 2.30. The predicted molar refractivity (Wildman–Crippen MR) is 133 cm³/mol. The number of nitrogens with zero attached hydrogens (tertiary/aromatic N) is 1. The van der Waals surface area contributed by atoms with Gasteiger partial charge in [0, 0.05) is 18.6 Å². The van der Waals surface area contributed by atoms with Crippen LogP contribution in [0.1, 0.15) is 62.9 Å². The molecule has 0 heterocycles. The lowest BCUT2D eigenvalue weighted by Gasteiger charge is -2.37. The molecule has 0 N–H and O–H groups in total. The van der Waals surface area contributed by atoms with Crippen LogP contribution in [0, 0.1) is 0 Å². The van der Waals surface area contributed by atoms with Crippen LogP contribution in [0.5, 0.6) is 5.75 Å². The summed E-state index contributed by atoms with van der Waals surface area (Å²) in [5.41, 5.74) is 2.93. The molecule has 0 bridgehead atoms. The van der Waals surface area contributed by atoms with Gasteiger partial charge in [-0.2, -0.15) is 0 Å². The number of carbonyl (C=O) groups excluding carboxylic acids is 1. The summed E-state index contributed by atoms with van der Waals surface area (Å²) in [6.07, 6.45) is 0.272. The molecular weight excluding hydrogens is 410 g/mol. The third-order valence-corrected chi connectivity index (χ3v) is 5.67. The third-order valence-electron chi connectivity index (χ3n) is 5.67. The van der Waals surface area contributed by atoms with Crippen molar-refractivity contribution in [3.63, 3.8) is 0 Å². The molecule has 0 aliphatic heterocycles. The van der Waals surface area contributed by atoms with Crippen LogP contribution in [0.3, 0.4) is 0 Å². The Hall–Kier alpha value is -3.11. The average molecular weight is 446 g/mol. The number of methoxy groups -OCH3 is 1. The Kier molecular flexibility index (Phi) is 8.29. The Morgan fingerprint density at radius 1 is 0.848 bits per heavy atom. The molecule has 3 rings (SSSR count). The van der Waals surface area contributed by atoms with Gasteiger partial charge in [0.05, 0.1) is 13.5 Å². The topological polar surface area (TPSA) is 38.8 Å². The second-order valence-corrected chi connectivity index (χ2v) is 9.32. The molecule has 0 amide bonds. The fraction of sp³-hybridized carbons (Fsp3) is 0.345. The van der Waals surface area contributed by atoms with E-state index in [1.54, 1.807) is 7.11 Å². The molecule has 0 radical (unpaired) electrons. The molecule has 0 saturated carbocycles. The first-order valence-electron chi connectivity index (χ1n) is 11.5. The zero-order chi connectivity index (χ0) is 23.8. The number of hydrogen-bond acceptors (Lipinski definition) is 4. The van der Waals surface area contributed by atoms with Gasteiger partial charge in [0.2, 0.25) is 0 Å². The summed E-state index contributed by atoms with van der Waals surface area (Å²) in [6.45, 7) is 8.62. The SMILES string of the molecule is COc1ccc([C@H](C)N(Cc2ccccc2)[C@H](CC(=O)OC(C)(C)C)c2ccccc2)cc1. The largest absolute Gasteiger partial charge is 0.497 e. The Morgan fingerprint density at radius 2 is 1.42 bits per heavy atom. The predicted octanol–water partition coefficient (Wildman–Crippen LogP) is 6.73. The van der Waals surface area contributed by atoms with Crippen molar-refractivity contribution in [3.8, 4) is 5.75 Å². The zero-order valence-corrected chi connectivity index (χ0v) is 20.3. The monoisotopic (exact) mass is 445 g/mol. The molecule has 2 atom stereocenters. The van der Waals surface area contributed by atoms with E-state index in [-0.39, 0.29) is 24.5 Å². The van der Waals surface area contributed by atoms with Gasteiger partial charge in [-0.3, -0.25) is 9.69 Å². The number of benzene rings is 3. The fourth-order valence-corrected chi connectivity index (χ4v) is 4.03. The maximum absolute atomic E-state index is 13.0. The number of esters is 1. The fourth-order valence-electron chi connectivity index (χ4n) is 4.03. The Balaban J connectivity index is 2.00. The second-order valence-electron chi connectivity index (χ2n) is 9.32. The first-order chi connectivity index (χ1) is 15.8. The molecule has 4 heteroatoms. The van der Waals surface area contributed by atoms with Gasteiger partial charge in [-0.25, -0.2) is 0 Å². The highest BCUT2D eigenvalue weighted by molar-refractivity contribution is 5.71. The van der Waals surface area contributed by atoms with Crippen molar-refractivity contribution in [3.05, 3.63) is 102 Å². The van der Waals surface area contributed by atoms with Crippen LogP contribution < -0.4 is 4.74 Å². The van der Waals surface area contributed by atoms with E-state index in [0.717, 1.165) is 16.9 Å². The smallest absolute Gasteiger partial charge is 0.308 e. The van der Waals surface area contributed by atoms with Gasteiger partial charge in [-0.1, -0.05) is 72.8 Å². The van der Waals surface area contributed by atoms with Crippen molar-refractivity contribution < 1.29 is 14.3 Å². The standard InChI is InChI=1S/C29H35NO3/c1-22(24-16-18-26(32-5)19-17-24)30(21-23-12-8-6-9-13-23)27(25-14-10-7-11-15-25)20-28(31)33-29(2,3)4/h6-19,22,27H,20-21H2,1-5H3/t22-,27+/m0/s1. The Morgan fingerprint density at radius 3 is 1.97 bits per heavy atom. The van der Waals surface area contributed by atoms with Crippen LogP contribution >= 0.6 is 0 Å². The summed E-state index contributed by atoms with van der Waals surface area (Å²) in [5.74, 6) is 0.630. The van der Waals surface area contributed by atoms with E-state index in [9.17, 15) is 4.79 Å². The molecule has 33 heavy (non-hydrogen) atoms. The summed E-state index contributed by atoms with van der Waals surface area (Å²) < 4.78 is 11.1. The van der Waals surface area contributed by atoms with Crippen molar-refractivity contribution in [1.82, 2.24) is 4.90 Å². The Bertz CT molecular complexity index is 995. The molecule has 3 aromatic rings. The van der Waals surface area contributed by atoms with Gasteiger partial charge >= 0.3 is 5.97 Å². The van der Waals surface area contributed by atoms with Crippen molar-refractivity contribution in [2.75, 3.05) is 7.11 Å². The van der Waals surface area contributed by atoms with E-state index in [1.807, 2.05) is 57.2 Å². The normalized spacial score (nSPS) is 13.4. The van der Waals surface area contributed by atoms with Gasteiger partial charge in [0.15, 0.2) is 0 Å². The van der Waals surface area contributed by atoms with Crippen LogP contribution in [-0.2, 0) is 16.1 Å². The molecule has 3 aromatic carbocycles. The number of hydrogen-bond donors (Lipinski definition) is 0. The molecule has 0 aliphatic carbocycles. The first kappa shape index (κ1) is 24.5. The summed E-state index contributed by atoms with van der Waals surface area (Å²) >= 11 is 0. The molecule has 0 fully saturated rings. The summed E-state index contributed by atoms with van der Waals surface area (Å²) in [6, 6.07) is 28.7. The average Bonchev–Trinajstić information content (AvgIpc) is 2.81. The van der Waals surface area contributed by atoms with Gasteiger partial charge < -0.3 is 9.47 Å². The number of carbonyl (C=O) groups is 1. The van der Waals surface area contributed by atoms with Crippen molar-refractivity contribution in [2.45, 2.75) is 58.3 Å². The number of ether oxygens (including phenoxy) is 2.